The van der Waals surface area contributed by atoms with E-state index in [1.807, 2.05) is 0 Å². The fourth-order valence-corrected chi connectivity index (χ4v) is 2.50. The number of ether oxygens (including phenoxy) is 1. The van der Waals surface area contributed by atoms with Crippen LogP contribution in [0.25, 0.3) is 0 Å². The Morgan fingerprint density at radius 3 is 2.73 bits per heavy atom. The Morgan fingerprint density at radius 2 is 2.14 bits per heavy atom. The number of rotatable bonds is 4. The van der Waals surface area contributed by atoms with Crippen molar-refractivity contribution in [1.82, 2.24) is 0 Å². The topological polar surface area (TPSA) is 64.4 Å². The number of benzene rings is 1. The molecule has 1 aromatic carbocycles. The molecular formula is C15H19F3N2O2. The predicted octanol–water partition coefficient (Wildman–Crippen LogP) is 3.00. The minimum Gasteiger partial charge on any atom is -0.482 e. The maximum Gasteiger partial charge on any atom is 0.422 e. The molecule has 0 bridgehead atoms. The zero-order chi connectivity index (χ0) is 16.3. The first-order chi connectivity index (χ1) is 10.2. The van der Waals surface area contributed by atoms with E-state index in [2.05, 4.69) is 5.32 Å². The van der Waals surface area contributed by atoms with Crippen molar-refractivity contribution < 1.29 is 22.7 Å². The van der Waals surface area contributed by atoms with Crippen LogP contribution < -0.4 is 15.8 Å². The Hall–Kier alpha value is -1.76. The summed E-state index contributed by atoms with van der Waals surface area (Å²) >= 11 is 0. The maximum absolute atomic E-state index is 12.3. The summed E-state index contributed by atoms with van der Waals surface area (Å²) in [7, 11) is 0. The van der Waals surface area contributed by atoms with Gasteiger partial charge in [0.15, 0.2) is 6.61 Å². The van der Waals surface area contributed by atoms with Crippen LogP contribution >= 0.6 is 0 Å². The smallest absolute Gasteiger partial charge is 0.422 e. The van der Waals surface area contributed by atoms with Crippen molar-refractivity contribution in [3.8, 4) is 5.75 Å². The summed E-state index contributed by atoms with van der Waals surface area (Å²) < 4.78 is 41.7. The Kier molecular flexibility index (Phi) is 4.95. The number of amides is 1. The van der Waals surface area contributed by atoms with E-state index in [1.54, 1.807) is 19.1 Å². The van der Waals surface area contributed by atoms with Gasteiger partial charge >= 0.3 is 6.18 Å². The van der Waals surface area contributed by atoms with Gasteiger partial charge in [-0.15, -0.1) is 0 Å². The molecule has 2 rings (SSSR count). The monoisotopic (exact) mass is 316 g/mol. The lowest BCUT2D eigenvalue weighted by Crippen LogP contribution is -2.24. The number of halogens is 3. The molecule has 3 N–H and O–H groups in total. The van der Waals surface area contributed by atoms with Crippen LogP contribution in [0.5, 0.6) is 5.75 Å². The molecular weight excluding hydrogens is 297 g/mol. The highest BCUT2D eigenvalue weighted by Crippen LogP contribution is 2.30. The van der Waals surface area contributed by atoms with Crippen molar-refractivity contribution in [1.29, 1.82) is 0 Å². The Morgan fingerprint density at radius 1 is 1.41 bits per heavy atom. The molecule has 7 heteroatoms. The van der Waals surface area contributed by atoms with Crippen LogP contribution in [-0.4, -0.2) is 24.7 Å². The number of aryl methyl sites for hydroxylation is 1. The summed E-state index contributed by atoms with van der Waals surface area (Å²) in [4.78, 5) is 12.2. The molecule has 4 nitrogen and oxygen atoms in total. The van der Waals surface area contributed by atoms with Crippen LogP contribution in [-0.2, 0) is 4.79 Å². The molecule has 0 radical (unpaired) electrons. The third-order valence-electron chi connectivity index (χ3n) is 3.63. The summed E-state index contributed by atoms with van der Waals surface area (Å²) in [5.74, 6) is -0.409. The average Bonchev–Trinajstić information content (AvgIpc) is 2.85. The standard InChI is InChI=1S/C15H19F3N2O2/c1-9-2-5-12(13(6-9)22-8-15(16,17)18)20-14(21)10-3-4-11(19)7-10/h2,5-6,10-11H,3-4,7-8,19H2,1H3,(H,20,21). The van der Waals surface area contributed by atoms with E-state index < -0.39 is 12.8 Å². The van der Waals surface area contributed by atoms with Crippen molar-refractivity contribution in [3.63, 3.8) is 0 Å². The van der Waals surface area contributed by atoms with Gasteiger partial charge in [0.25, 0.3) is 0 Å². The van der Waals surface area contributed by atoms with Gasteiger partial charge in [-0.25, -0.2) is 0 Å². The highest BCUT2D eigenvalue weighted by atomic mass is 19.4. The molecule has 0 spiro atoms. The predicted molar refractivity (Wildman–Crippen MR) is 76.7 cm³/mol. The summed E-state index contributed by atoms with van der Waals surface area (Å²) in [6, 6.07) is 4.74. The lowest BCUT2D eigenvalue weighted by Gasteiger charge is -2.16. The molecule has 1 aromatic rings. The summed E-state index contributed by atoms with van der Waals surface area (Å²) in [5, 5.41) is 2.65. The lowest BCUT2D eigenvalue weighted by atomic mass is 10.1. The number of alkyl halides is 3. The van der Waals surface area contributed by atoms with Crippen LogP contribution in [0.4, 0.5) is 18.9 Å². The maximum atomic E-state index is 12.3. The second-order valence-corrected chi connectivity index (χ2v) is 5.66. The number of carbonyl (C=O) groups excluding carboxylic acids is 1. The van der Waals surface area contributed by atoms with Gasteiger partial charge in [0, 0.05) is 12.0 Å². The third-order valence-corrected chi connectivity index (χ3v) is 3.63. The third kappa shape index (κ3) is 4.62. The van der Waals surface area contributed by atoms with Crippen molar-refractivity contribution in [3.05, 3.63) is 23.8 Å². The molecule has 0 aliphatic heterocycles. The van der Waals surface area contributed by atoms with E-state index in [9.17, 15) is 18.0 Å². The highest BCUT2D eigenvalue weighted by molar-refractivity contribution is 5.94. The lowest BCUT2D eigenvalue weighted by molar-refractivity contribution is -0.153. The van der Waals surface area contributed by atoms with E-state index in [1.165, 1.54) is 6.07 Å². The van der Waals surface area contributed by atoms with Gasteiger partial charge in [0.1, 0.15) is 5.75 Å². The number of nitrogens with two attached hydrogens (primary N) is 1. The molecule has 1 aliphatic carbocycles. The zero-order valence-corrected chi connectivity index (χ0v) is 12.2. The Balaban J connectivity index is 2.07. The number of hydrogen-bond acceptors (Lipinski definition) is 3. The normalized spacial score (nSPS) is 21.7. The van der Waals surface area contributed by atoms with Gasteiger partial charge in [0.2, 0.25) is 5.91 Å². The molecule has 1 aliphatic rings. The quantitative estimate of drug-likeness (QED) is 0.897. The minimum absolute atomic E-state index is 0.00900. The van der Waals surface area contributed by atoms with Crippen molar-refractivity contribution >= 4 is 11.6 Å². The molecule has 2 atom stereocenters. The number of anilines is 1. The molecule has 22 heavy (non-hydrogen) atoms. The second kappa shape index (κ2) is 6.56. The van der Waals surface area contributed by atoms with Crippen molar-refractivity contribution in [2.24, 2.45) is 11.7 Å². The van der Waals surface area contributed by atoms with Gasteiger partial charge in [-0.3, -0.25) is 4.79 Å². The van der Waals surface area contributed by atoms with E-state index in [4.69, 9.17) is 10.5 Å². The number of carbonyl (C=O) groups is 1. The molecule has 0 saturated heterocycles. The van der Waals surface area contributed by atoms with Gasteiger partial charge in [-0.2, -0.15) is 13.2 Å². The fourth-order valence-electron chi connectivity index (χ4n) is 2.50. The van der Waals surface area contributed by atoms with Crippen LogP contribution in [0.3, 0.4) is 0 Å². The van der Waals surface area contributed by atoms with Crippen molar-refractivity contribution in [2.45, 2.75) is 38.4 Å². The van der Waals surface area contributed by atoms with Gasteiger partial charge in [-0.05, 0) is 43.9 Å². The zero-order valence-electron chi connectivity index (χ0n) is 12.2. The van der Waals surface area contributed by atoms with Crippen LogP contribution in [0.2, 0.25) is 0 Å². The summed E-state index contributed by atoms with van der Waals surface area (Å²) in [6.45, 7) is 0.343. The van der Waals surface area contributed by atoms with Gasteiger partial charge in [0.05, 0.1) is 5.69 Å². The fraction of sp³-hybridized carbons (Fsp3) is 0.533. The summed E-state index contributed by atoms with van der Waals surface area (Å²) in [6.07, 6.45) is -2.36. The minimum atomic E-state index is -4.43. The van der Waals surface area contributed by atoms with Crippen molar-refractivity contribution in [2.75, 3.05) is 11.9 Å². The number of nitrogens with one attached hydrogen (secondary N) is 1. The average molecular weight is 316 g/mol. The van der Waals surface area contributed by atoms with Crippen LogP contribution in [0.15, 0.2) is 18.2 Å². The van der Waals surface area contributed by atoms with Crippen LogP contribution in [0.1, 0.15) is 24.8 Å². The van der Waals surface area contributed by atoms with E-state index in [0.717, 1.165) is 12.0 Å². The molecule has 2 unspecified atom stereocenters. The SMILES string of the molecule is Cc1ccc(NC(=O)C2CCC(N)C2)c(OCC(F)(F)F)c1. The molecule has 1 saturated carbocycles. The Labute approximate surface area is 126 Å². The first kappa shape index (κ1) is 16.6. The van der Waals surface area contributed by atoms with E-state index in [0.29, 0.717) is 12.8 Å². The first-order valence-corrected chi connectivity index (χ1v) is 7.11. The van der Waals surface area contributed by atoms with Gasteiger partial charge < -0.3 is 15.8 Å². The number of hydrogen-bond donors (Lipinski definition) is 2. The Bertz CT molecular complexity index is 546. The van der Waals surface area contributed by atoms with E-state index >= 15 is 0 Å². The molecule has 1 amide bonds. The largest absolute Gasteiger partial charge is 0.482 e. The van der Waals surface area contributed by atoms with E-state index in [-0.39, 0.29) is 29.3 Å². The second-order valence-electron chi connectivity index (χ2n) is 5.66. The molecule has 122 valence electrons. The molecule has 0 heterocycles. The highest BCUT2D eigenvalue weighted by Gasteiger charge is 2.30. The van der Waals surface area contributed by atoms with Gasteiger partial charge in [-0.1, -0.05) is 6.07 Å². The summed E-state index contributed by atoms with van der Waals surface area (Å²) in [5.41, 5.74) is 6.77. The molecule has 0 aromatic heterocycles. The molecule has 1 fully saturated rings. The first-order valence-electron chi connectivity index (χ1n) is 7.11. The van der Waals surface area contributed by atoms with Crippen LogP contribution in [0, 0.1) is 12.8 Å².